The molecular formula is C16H23N3O2. The average Bonchev–Trinajstić information content (AvgIpc) is 2.49. The molecule has 1 aliphatic rings. The zero-order chi connectivity index (χ0) is 15.1. The van der Waals surface area contributed by atoms with Crippen molar-refractivity contribution in [3.05, 3.63) is 35.9 Å². The molecule has 0 spiro atoms. The number of primary amides is 1. The number of nitrogens with one attached hydrogen (secondary N) is 2. The smallest absolute Gasteiger partial charge is 0.239 e. The third kappa shape index (κ3) is 4.86. The molecule has 1 aromatic carbocycles. The number of nitrogens with two attached hydrogens (primary N) is 1. The molecule has 0 radical (unpaired) electrons. The third-order valence-corrected chi connectivity index (χ3v) is 3.85. The summed E-state index contributed by atoms with van der Waals surface area (Å²) < 4.78 is 0. The number of carbonyl (C=O) groups is 2. The second-order valence-electron chi connectivity index (χ2n) is 5.53. The highest BCUT2D eigenvalue weighted by Crippen LogP contribution is 2.17. The SMILES string of the molecule is NC(=O)C(NCC(=O)NC1CCCCC1)c1ccccc1. The van der Waals surface area contributed by atoms with E-state index < -0.39 is 11.9 Å². The molecule has 0 aromatic heterocycles. The Kier molecular flexibility index (Phi) is 5.75. The lowest BCUT2D eigenvalue weighted by molar-refractivity contribution is -0.122. The topological polar surface area (TPSA) is 84.2 Å². The Labute approximate surface area is 125 Å². The summed E-state index contributed by atoms with van der Waals surface area (Å²) in [4.78, 5) is 23.5. The fourth-order valence-electron chi connectivity index (χ4n) is 2.75. The molecule has 1 atom stereocenters. The molecule has 0 aliphatic heterocycles. The largest absolute Gasteiger partial charge is 0.368 e. The number of amides is 2. The lowest BCUT2D eigenvalue weighted by Gasteiger charge is -2.23. The summed E-state index contributed by atoms with van der Waals surface area (Å²) in [5.41, 5.74) is 6.18. The van der Waals surface area contributed by atoms with Crippen molar-refractivity contribution >= 4 is 11.8 Å². The van der Waals surface area contributed by atoms with Crippen LogP contribution in [0.25, 0.3) is 0 Å². The van der Waals surface area contributed by atoms with Crippen LogP contribution in [-0.4, -0.2) is 24.4 Å². The molecule has 2 amide bonds. The van der Waals surface area contributed by atoms with Crippen molar-refractivity contribution < 1.29 is 9.59 Å². The van der Waals surface area contributed by atoms with Crippen molar-refractivity contribution in [2.75, 3.05) is 6.54 Å². The van der Waals surface area contributed by atoms with Crippen LogP contribution in [0.1, 0.15) is 43.7 Å². The molecule has 1 saturated carbocycles. The first kappa shape index (κ1) is 15.5. The Hall–Kier alpha value is -1.88. The van der Waals surface area contributed by atoms with Crippen molar-refractivity contribution in [3.63, 3.8) is 0 Å². The van der Waals surface area contributed by atoms with Crippen molar-refractivity contribution in [3.8, 4) is 0 Å². The van der Waals surface area contributed by atoms with E-state index in [9.17, 15) is 9.59 Å². The van der Waals surface area contributed by atoms with Crippen LogP contribution in [-0.2, 0) is 9.59 Å². The predicted octanol–water partition coefficient (Wildman–Crippen LogP) is 1.25. The number of carbonyl (C=O) groups excluding carboxylic acids is 2. The van der Waals surface area contributed by atoms with Crippen LogP contribution in [0, 0.1) is 0 Å². The predicted molar refractivity (Wildman–Crippen MR) is 81.4 cm³/mol. The molecule has 5 heteroatoms. The maximum atomic E-state index is 11.9. The average molecular weight is 289 g/mol. The monoisotopic (exact) mass is 289 g/mol. The van der Waals surface area contributed by atoms with Gasteiger partial charge in [-0.2, -0.15) is 0 Å². The van der Waals surface area contributed by atoms with E-state index in [1.807, 2.05) is 30.3 Å². The minimum atomic E-state index is -0.636. The second-order valence-corrected chi connectivity index (χ2v) is 5.53. The van der Waals surface area contributed by atoms with Gasteiger partial charge in [0.25, 0.3) is 0 Å². The summed E-state index contributed by atoms with van der Waals surface area (Å²) in [6.07, 6.45) is 5.69. The van der Waals surface area contributed by atoms with E-state index in [4.69, 9.17) is 5.73 Å². The molecule has 0 heterocycles. The van der Waals surface area contributed by atoms with E-state index in [-0.39, 0.29) is 18.5 Å². The van der Waals surface area contributed by atoms with Gasteiger partial charge in [-0.05, 0) is 18.4 Å². The first-order chi connectivity index (χ1) is 10.2. The van der Waals surface area contributed by atoms with Gasteiger partial charge in [0.2, 0.25) is 11.8 Å². The molecule has 114 valence electrons. The first-order valence-electron chi connectivity index (χ1n) is 7.54. The highest BCUT2D eigenvalue weighted by molar-refractivity contribution is 5.83. The Morgan fingerprint density at radius 3 is 2.43 bits per heavy atom. The Balaban J connectivity index is 1.84. The number of hydrogen-bond acceptors (Lipinski definition) is 3. The van der Waals surface area contributed by atoms with Gasteiger partial charge in [-0.1, -0.05) is 49.6 Å². The lowest BCUT2D eigenvalue weighted by atomic mass is 9.95. The maximum Gasteiger partial charge on any atom is 0.239 e. The summed E-state index contributed by atoms with van der Waals surface area (Å²) in [6, 6.07) is 8.84. The molecule has 0 bridgehead atoms. The van der Waals surface area contributed by atoms with E-state index in [0.717, 1.165) is 18.4 Å². The van der Waals surface area contributed by atoms with Crippen molar-refractivity contribution in [1.82, 2.24) is 10.6 Å². The van der Waals surface area contributed by atoms with Gasteiger partial charge in [0.1, 0.15) is 6.04 Å². The maximum absolute atomic E-state index is 11.9. The van der Waals surface area contributed by atoms with Crippen LogP contribution in [0.3, 0.4) is 0 Å². The quantitative estimate of drug-likeness (QED) is 0.737. The van der Waals surface area contributed by atoms with Crippen molar-refractivity contribution in [1.29, 1.82) is 0 Å². The van der Waals surface area contributed by atoms with Crippen LogP contribution < -0.4 is 16.4 Å². The van der Waals surface area contributed by atoms with Gasteiger partial charge in [0.15, 0.2) is 0 Å². The molecular weight excluding hydrogens is 266 g/mol. The van der Waals surface area contributed by atoms with Gasteiger partial charge < -0.3 is 11.1 Å². The zero-order valence-electron chi connectivity index (χ0n) is 12.2. The Morgan fingerprint density at radius 1 is 1.14 bits per heavy atom. The van der Waals surface area contributed by atoms with E-state index in [1.165, 1.54) is 19.3 Å². The molecule has 5 nitrogen and oxygen atoms in total. The molecule has 2 rings (SSSR count). The number of benzene rings is 1. The van der Waals surface area contributed by atoms with E-state index in [0.29, 0.717) is 0 Å². The number of hydrogen-bond donors (Lipinski definition) is 3. The van der Waals surface area contributed by atoms with Gasteiger partial charge in [0, 0.05) is 6.04 Å². The highest BCUT2D eigenvalue weighted by atomic mass is 16.2. The molecule has 21 heavy (non-hydrogen) atoms. The Bertz CT molecular complexity index is 470. The van der Waals surface area contributed by atoms with Gasteiger partial charge in [-0.15, -0.1) is 0 Å². The van der Waals surface area contributed by atoms with Gasteiger partial charge in [0.05, 0.1) is 6.54 Å². The summed E-state index contributed by atoms with van der Waals surface area (Å²) in [5.74, 6) is -0.559. The summed E-state index contributed by atoms with van der Waals surface area (Å²) >= 11 is 0. The second kappa shape index (κ2) is 7.78. The van der Waals surface area contributed by atoms with Crippen LogP contribution in [0.5, 0.6) is 0 Å². The first-order valence-corrected chi connectivity index (χ1v) is 7.54. The fourth-order valence-corrected chi connectivity index (χ4v) is 2.75. The highest BCUT2D eigenvalue weighted by Gasteiger charge is 2.20. The van der Waals surface area contributed by atoms with Gasteiger partial charge in [-0.25, -0.2) is 0 Å². The van der Waals surface area contributed by atoms with E-state index in [1.54, 1.807) is 0 Å². The van der Waals surface area contributed by atoms with Gasteiger partial charge >= 0.3 is 0 Å². The number of rotatable bonds is 6. The van der Waals surface area contributed by atoms with Gasteiger partial charge in [-0.3, -0.25) is 14.9 Å². The van der Waals surface area contributed by atoms with E-state index in [2.05, 4.69) is 10.6 Å². The third-order valence-electron chi connectivity index (χ3n) is 3.85. The molecule has 1 aliphatic carbocycles. The minimum absolute atomic E-state index is 0.0796. The summed E-state index contributed by atoms with van der Waals surface area (Å²) in [6.45, 7) is 0.0962. The van der Waals surface area contributed by atoms with E-state index >= 15 is 0 Å². The fraction of sp³-hybridized carbons (Fsp3) is 0.500. The zero-order valence-corrected chi connectivity index (χ0v) is 12.2. The standard InChI is InChI=1S/C16H23N3O2/c17-16(21)15(12-7-3-1-4-8-12)18-11-14(20)19-13-9-5-2-6-10-13/h1,3-4,7-8,13,15,18H,2,5-6,9-11H2,(H2,17,21)(H,19,20). The Morgan fingerprint density at radius 2 is 1.81 bits per heavy atom. The molecule has 1 aromatic rings. The van der Waals surface area contributed by atoms with Crippen LogP contribution >= 0.6 is 0 Å². The molecule has 1 fully saturated rings. The van der Waals surface area contributed by atoms with Crippen LogP contribution in [0.15, 0.2) is 30.3 Å². The van der Waals surface area contributed by atoms with Crippen molar-refractivity contribution in [2.24, 2.45) is 5.73 Å². The molecule has 0 saturated heterocycles. The van der Waals surface area contributed by atoms with Crippen LogP contribution in [0.2, 0.25) is 0 Å². The van der Waals surface area contributed by atoms with Crippen LogP contribution in [0.4, 0.5) is 0 Å². The molecule has 1 unspecified atom stereocenters. The molecule has 4 N–H and O–H groups in total. The lowest BCUT2D eigenvalue weighted by Crippen LogP contribution is -2.44. The summed E-state index contributed by atoms with van der Waals surface area (Å²) in [7, 11) is 0. The summed E-state index contributed by atoms with van der Waals surface area (Å²) in [5, 5.41) is 5.95. The normalized spacial score (nSPS) is 17.1. The van der Waals surface area contributed by atoms with Crippen molar-refractivity contribution in [2.45, 2.75) is 44.2 Å². The minimum Gasteiger partial charge on any atom is -0.368 e.